The molecule has 0 heterocycles. The fourth-order valence-electron chi connectivity index (χ4n) is 2.00. The van der Waals surface area contributed by atoms with Crippen molar-refractivity contribution in [3.63, 3.8) is 0 Å². The summed E-state index contributed by atoms with van der Waals surface area (Å²) in [6.45, 7) is 3.95. The minimum Gasteiger partial charge on any atom is -0.454 e. The van der Waals surface area contributed by atoms with E-state index in [1.807, 2.05) is 32.0 Å². The number of ether oxygens (including phenoxy) is 1. The topological polar surface area (TPSA) is 35.2 Å². The van der Waals surface area contributed by atoms with Crippen LogP contribution in [0.15, 0.2) is 36.4 Å². The van der Waals surface area contributed by atoms with Crippen LogP contribution in [0, 0.1) is 12.7 Å². The highest BCUT2D eigenvalue weighted by Crippen LogP contribution is 2.29. The molecular formula is C16H17ClFNO. The molecular weight excluding hydrogens is 277 g/mol. The third-order valence-corrected chi connectivity index (χ3v) is 3.29. The predicted molar refractivity (Wildman–Crippen MR) is 80.0 cm³/mol. The Hall–Kier alpha value is -1.58. The molecule has 4 heteroatoms. The molecule has 2 N–H and O–H groups in total. The first-order valence-corrected chi connectivity index (χ1v) is 6.82. The Balaban J connectivity index is 2.22. The minimum atomic E-state index is -0.550. The molecule has 0 bridgehead atoms. The Morgan fingerprint density at radius 2 is 2.05 bits per heavy atom. The van der Waals surface area contributed by atoms with E-state index in [0.29, 0.717) is 5.75 Å². The van der Waals surface area contributed by atoms with E-state index in [2.05, 4.69) is 0 Å². The van der Waals surface area contributed by atoms with Crippen LogP contribution in [-0.4, -0.2) is 6.04 Å². The highest BCUT2D eigenvalue weighted by molar-refractivity contribution is 6.30. The summed E-state index contributed by atoms with van der Waals surface area (Å²) >= 11 is 5.72. The van der Waals surface area contributed by atoms with Gasteiger partial charge in [0, 0.05) is 6.04 Å². The summed E-state index contributed by atoms with van der Waals surface area (Å²) in [4.78, 5) is 0. The van der Waals surface area contributed by atoms with E-state index < -0.39 is 5.82 Å². The van der Waals surface area contributed by atoms with Gasteiger partial charge in [-0.15, -0.1) is 0 Å². The molecule has 0 saturated heterocycles. The number of rotatable bonds is 4. The third kappa shape index (κ3) is 3.50. The normalized spacial score (nSPS) is 12.2. The van der Waals surface area contributed by atoms with Crippen molar-refractivity contribution in [1.29, 1.82) is 0 Å². The smallest absolute Gasteiger partial charge is 0.184 e. The second-order valence-electron chi connectivity index (χ2n) is 4.92. The van der Waals surface area contributed by atoms with E-state index in [4.69, 9.17) is 22.1 Å². The predicted octanol–water partition coefficient (Wildman–Crippen LogP) is 4.47. The molecule has 2 rings (SSSR count). The van der Waals surface area contributed by atoms with Gasteiger partial charge in [0.05, 0.1) is 5.02 Å². The lowest BCUT2D eigenvalue weighted by atomic mass is 10.0. The highest BCUT2D eigenvalue weighted by Gasteiger charge is 2.09. The third-order valence-electron chi connectivity index (χ3n) is 3.00. The van der Waals surface area contributed by atoms with Gasteiger partial charge in [0.2, 0.25) is 0 Å². The maximum Gasteiger partial charge on any atom is 0.184 e. The van der Waals surface area contributed by atoms with Gasteiger partial charge in [0.1, 0.15) is 5.75 Å². The number of nitrogens with two attached hydrogens (primary N) is 1. The lowest BCUT2D eigenvalue weighted by Gasteiger charge is -2.12. The van der Waals surface area contributed by atoms with Gasteiger partial charge < -0.3 is 10.5 Å². The first kappa shape index (κ1) is 14.8. The second kappa shape index (κ2) is 6.25. The molecule has 1 unspecified atom stereocenters. The fraction of sp³-hybridized carbons (Fsp3) is 0.250. The number of aryl methyl sites for hydroxylation is 1. The molecule has 106 valence electrons. The summed E-state index contributed by atoms with van der Waals surface area (Å²) in [5.41, 5.74) is 8.03. The molecule has 1 atom stereocenters. The van der Waals surface area contributed by atoms with E-state index in [1.54, 1.807) is 12.1 Å². The Labute approximate surface area is 123 Å². The van der Waals surface area contributed by atoms with Crippen molar-refractivity contribution in [2.75, 3.05) is 0 Å². The van der Waals surface area contributed by atoms with Crippen LogP contribution in [0.4, 0.5) is 4.39 Å². The van der Waals surface area contributed by atoms with Crippen LogP contribution < -0.4 is 10.5 Å². The molecule has 2 nitrogen and oxygen atoms in total. The number of hydrogen-bond acceptors (Lipinski definition) is 2. The van der Waals surface area contributed by atoms with Crippen LogP contribution in [0.1, 0.15) is 18.1 Å². The van der Waals surface area contributed by atoms with Gasteiger partial charge in [-0.1, -0.05) is 23.7 Å². The first-order chi connectivity index (χ1) is 9.47. The van der Waals surface area contributed by atoms with Crippen LogP contribution >= 0.6 is 11.6 Å². The molecule has 0 saturated carbocycles. The van der Waals surface area contributed by atoms with Crippen LogP contribution in [-0.2, 0) is 6.42 Å². The summed E-state index contributed by atoms with van der Waals surface area (Å²) in [5.74, 6) is 0.153. The summed E-state index contributed by atoms with van der Waals surface area (Å²) in [7, 11) is 0. The zero-order chi connectivity index (χ0) is 14.7. The van der Waals surface area contributed by atoms with Crippen LogP contribution in [0.5, 0.6) is 11.5 Å². The van der Waals surface area contributed by atoms with E-state index >= 15 is 0 Å². The van der Waals surface area contributed by atoms with Crippen molar-refractivity contribution in [3.05, 3.63) is 58.4 Å². The van der Waals surface area contributed by atoms with Crippen molar-refractivity contribution in [3.8, 4) is 11.5 Å². The van der Waals surface area contributed by atoms with Gasteiger partial charge in [-0.3, -0.25) is 0 Å². The van der Waals surface area contributed by atoms with Crippen LogP contribution in [0.25, 0.3) is 0 Å². The summed E-state index contributed by atoms with van der Waals surface area (Å²) in [6.07, 6.45) is 0.803. The van der Waals surface area contributed by atoms with Gasteiger partial charge in [-0.05, 0) is 55.7 Å². The lowest BCUT2D eigenvalue weighted by molar-refractivity contribution is 0.442. The van der Waals surface area contributed by atoms with Crippen molar-refractivity contribution in [1.82, 2.24) is 0 Å². The van der Waals surface area contributed by atoms with Crippen molar-refractivity contribution >= 4 is 11.6 Å². The Kier molecular flexibility index (Phi) is 4.63. The zero-order valence-electron chi connectivity index (χ0n) is 11.5. The molecule has 0 aliphatic carbocycles. The quantitative estimate of drug-likeness (QED) is 0.902. The molecule has 0 aromatic heterocycles. The summed E-state index contributed by atoms with van der Waals surface area (Å²) < 4.78 is 19.3. The van der Waals surface area contributed by atoms with Gasteiger partial charge >= 0.3 is 0 Å². The first-order valence-electron chi connectivity index (χ1n) is 6.44. The van der Waals surface area contributed by atoms with Gasteiger partial charge in [0.15, 0.2) is 11.6 Å². The summed E-state index contributed by atoms with van der Waals surface area (Å²) in [5, 5.41) is 0.0489. The highest BCUT2D eigenvalue weighted by atomic mass is 35.5. The number of hydrogen-bond donors (Lipinski definition) is 1. The molecule has 0 aliphatic rings. The van der Waals surface area contributed by atoms with Gasteiger partial charge in [-0.2, -0.15) is 0 Å². The van der Waals surface area contributed by atoms with Gasteiger partial charge in [0.25, 0.3) is 0 Å². The van der Waals surface area contributed by atoms with Crippen molar-refractivity contribution in [2.45, 2.75) is 26.3 Å². The van der Waals surface area contributed by atoms with Crippen LogP contribution in [0.2, 0.25) is 5.02 Å². The average Bonchev–Trinajstić information content (AvgIpc) is 2.38. The standard InChI is InChI=1S/C16H17ClFNO/c1-10-8-13(7-6-12(10)9-11(2)19)20-15-5-3-4-14(17)16(15)18/h3-8,11H,9,19H2,1-2H3. The van der Waals surface area contributed by atoms with Crippen molar-refractivity contribution < 1.29 is 9.13 Å². The molecule has 2 aromatic rings. The number of benzene rings is 2. The monoisotopic (exact) mass is 293 g/mol. The molecule has 0 fully saturated rings. The minimum absolute atomic E-state index is 0.0489. The average molecular weight is 294 g/mol. The van der Waals surface area contributed by atoms with E-state index in [-0.39, 0.29) is 16.8 Å². The number of halogens is 2. The molecule has 2 aromatic carbocycles. The van der Waals surface area contributed by atoms with E-state index in [0.717, 1.165) is 12.0 Å². The molecule has 0 aliphatic heterocycles. The largest absolute Gasteiger partial charge is 0.454 e. The Morgan fingerprint density at radius 3 is 2.70 bits per heavy atom. The Bertz CT molecular complexity index is 613. The van der Waals surface area contributed by atoms with Crippen LogP contribution in [0.3, 0.4) is 0 Å². The molecule has 0 spiro atoms. The van der Waals surface area contributed by atoms with Gasteiger partial charge in [-0.25, -0.2) is 4.39 Å². The lowest BCUT2D eigenvalue weighted by Crippen LogP contribution is -2.18. The molecule has 20 heavy (non-hydrogen) atoms. The maximum atomic E-state index is 13.8. The maximum absolute atomic E-state index is 13.8. The van der Waals surface area contributed by atoms with Crippen molar-refractivity contribution in [2.24, 2.45) is 5.73 Å². The Morgan fingerprint density at radius 1 is 1.30 bits per heavy atom. The second-order valence-corrected chi connectivity index (χ2v) is 5.33. The molecule has 0 amide bonds. The molecule has 0 radical (unpaired) electrons. The zero-order valence-corrected chi connectivity index (χ0v) is 12.2. The van der Waals surface area contributed by atoms with E-state index in [9.17, 15) is 4.39 Å². The van der Waals surface area contributed by atoms with E-state index in [1.165, 1.54) is 11.6 Å². The summed E-state index contributed by atoms with van der Waals surface area (Å²) in [6, 6.07) is 10.4. The fourth-order valence-corrected chi connectivity index (χ4v) is 2.16. The SMILES string of the molecule is Cc1cc(Oc2cccc(Cl)c2F)ccc1CC(C)N.